The van der Waals surface area contributed by atoms with Crippen molar-refractivity contribution in [3.05, 3.63) is 0 Å². The standard InChI is InChI=1S/C11H18N2O4S/c1-17-9(14)4-3-7-10(15)13-8(5-6-18-2)11(16)12-7/h7-8H,3-6H2,1-2H3,(H,12,16)(H,13,15)/t7-,8-/m0/s1. The third-order valence-corrected chi connectivity index (χ3v) is 3.39. The van der Waals surface area contributed by atoms with E-state index in [9.17, 15) is 14.4 Å². The molecule has 1 fully saturated rings. The molecule has 0 radical (unpaired) electrons. The molecule has 6 nitrogen and oxygen atoms in total. The van der Waals surface area contributed by atoms with Crippen molar-refractivity contribution in [3.63, 3.8) is 0 Å². The number of methoxy groups -OCH3 is 1. The highest BCUT2D eigenvalue weighted by Gasteiger charge is 2.33. The molecule has 1 rings (SSSR count). The molecule has 0 bridgehead atoms. The Balaban J connectivity index is 2.44. The van der Waals surface area contributed by atoms with E-state index in [0.29, 0.717) is 6.42 Å². The summed E-state index contributed by atoms with van der Waals surface area (Å²) in [6.45, 7) is 0. The first-order chi connectivity index (χ1) is 8.58. The fourth-order valence-corrected chi connectivity index (χ4v) is 2.15. The maximum atomic E-state index is 11.7. The van der Waals surface area contributed by atoms with E-state index in [1.165, 1.54) is 7.11 Å². The Morgan fingerprint density at radius 1 is 1.22 bits per heavy atom. The van der Waals surface area contributed by atoms with Gasteiger partial charge in [0.2, 0.25) is 11.8 Å². The Morgan fingerprint density at radius 3 is 2.28 bits per heavy atom. The van der Waals surface area contributed by atoms with Gasteiger partial charge in [0.15, 0.2) is 0 Å². The van der Waals surface area contributed by atoms with Gasteiger partial charge in [-0.2, -0.15) is 11.8 Å². The summed E-state index contributed by atoms with van der Waals surface area (Å²) >= 11 is 1.62. The first-order valence-corrected chi connectivity index (χ1v) is 7.14. The van der Waals surface area contributed by atoms with Crippen molar-refractivity contribution in [1.82, 2.24) is 10.6 Å². The number of thioether (sulfide) groups is 1. The molecule has 2 atom stereocenters. The van der Waals surface area contributed by atoms with Gasteiger partial charge in [-0.25, -0.2) is 0 Å². The maximum absolute atomic E-state index is 11.7. The molecule has 18 heavy (non-hydrogen) atoms. The molecule has 1 aliphatic heterocycles. The molecule has 0 aliphatic carbocycles. The van der Waals surface area contributed by atoms with E-state index in [4.69, 9.17) is 0 Å². The second kappa shape index (κ2) is 7.25. The number of ether oxygens (including phenoxy) is 1. The Bertz CT molecular complexity index is 335. The van der Waals surface area contributed by atoms with Crippen molar-refractivity contribution in [1.29, 1.82) is 0 Å². The Morgan fingerprint density at radius 2 is 1.78 bits per heavy atom. The van der Waals surface area contributed by atoms with Crippen LogP contribution in [0.3, 0.4) is 0 Å². The molecule has 0 unspecified atom stereocenters. The van der Waals surface area contributed by atoms with Crippen LogP contribution in [0.25, 0.3) is 0 Å². The summed E-state index contributed by atoms with van der Waals surface area (Å²) < 4.78 is 4.49. The molecule has 2 amide bonds. The van der Waals surface area contributed by atoms with Crippen molar-refractivity contribution in [2.45, 2.75) is 31.3 Å². The van der Waals surface area contributed by atoms with Crippen LogP contribution in [-0.4, -0.2) is 49.0 Å². The van der Waals surface area contributed by atoms with Crippen LogP contribution in [0.5, 0.6) is 0 Å². The van der Waals surface area contributed by atoms with Gasteiger partial charge >= 0.3 is 5.97 Å². The lowest BCUT2D eigenvalue weighted by Crippen LogP contribution is -2.61. The zero-order chi connectivity index (χ0) is 13.5. The van der Waals surface area contributed by atoms with E-state index in [1.54, 1.807) is 11.8 Å². The molecule has 7 heteroatoms. The number of nitrogens with one attached hydrogen (secondary N) is 2. The lowest BCUT2D eigenvalue weighted by Gasteiger charge is -2.29. The number of rotatable bonds is 6. The number of piperazine rings is 1. The Kier molecular flexibility index (Phi) is 5.97. The highest BCUT2D eigenvalue weighted by molar-refractivity contribution is 7.98. The Labute approximate surface area is 110 Å². The number of carbonyl (C=O) groups excluding carboxylic acids is 3. The second-order valence-electron chi connectivity index (χ2n) is 4.02. The predicted octanol–water partition coefficient (Wildman–Crippen LogP) is -0.324. The van der Waals surface area contributed by atoms with Gasteiger partial charge in [-0.15, -0.1) is 0 Å². The molecule has 0 aromatic carbocycles. The van der Waals surface area contributed by atoms with Gasteiger partial charge in [-0.05, 0) is 24.9 Å². The van der Waals surface area contributed by atoms with Crippen LogP contribution >= 0.6 is 11.8 Å². The third-order valence-electron chi connectivity index (χ3n) is 2.74. The number of hydrogen-bond donors (Lipinski definition) is 2. The van der Waals surface area contributed by atoms with E-state index < -0.39 is 12.1 Å². The highest BCUT2D eigenvalue weighted by Crippen LogP contribution is 2.09. The molecule has 1 saturated heterocycles. The quantitative estimate of drug-likeness (QED) is 0.648. The lowest BCUT2D eigenvalue weighted by molar-refractivity contribution is -0.142. The van der Waals surface area contributed by atoms with Gasteiger partial charge in [-0.1, -0.05) is 0 Å². The van der Waals surface area contributed by atoms with E-state index in [1.807, 2.05) is 6.26 Å². The molecule has 0 spiro atoms. The number of carbonyl (C=O) groups is 3. The molecule has 0 saturated carbocycles. The van der Waals surface area contributed by atoms with Crippen molar-refractivity contribution < 1.29 is 19.1 Å². The number of esters is 1. The van der Waals surface area contributed by atoms with Crippen LogP contribution in [-0.2, 0) is 19.1 Å². The molecule has 0 aromatic heterocycles. The molecular formula is C11H18N2O4S. The molecule has 1 aliphatic rings. The van der Waals surface area contributed by atoms with Crippen LogP contribution in [0.2, 0.25) is 0 Å². The SMILES string of the molecule is COC(=O)CC[C@@H]1NC(=O)[C@H](CCSC)NC1=O. The lowest BCUT2D eigenvalue weighted by atomic mass is 10.0. The normalized spacial score (nSPS) is 23.2. The van der Waals surface area contributed by atoms with E-state index in [2.05, 4.69) is 15.4 Å². The minimum atomic E-state index is -0.637. The minimum Gasteiger partial charge on any atom is -0.469 e. The van der Waals surface area contributed by atoms with Crippen molar-refractivity contribution in [3.8, 4) is 0 Å². The fraction of sp³-hybridized carbons (Fsp3) is 0.727. The van der Waals surface area contributed by atoms with E-state index in [-0.39, 0.29) is 30.6 Å². The first-order valence-electron chi connectivity index (χ1n) is 5.75. The monoisotopic (exact) mass is 274 g/mol. The molecule has 1 heterocycles. The summed E-state index contributed by atoms with van der Waals surface area (Å²) in [5.74, 6) is 0.00948. The van der Waals surface area contributed by atoms with Gasteiger partial charge in [-0.3, -0.25) is 14.4 Å². The van der Waals surface area contributed by atoms with E-state index >= 15 is 0 Å². The summed E-state index contributed by atoms with van der Waals surface area (Å²) in [7, 11) is 1.29. The summed E-state index contributed by atoms with van der Waals surface area (Å²) in [5.41, 5.74) is 0. The zero-order valence-electron chi connectivity index (χ0n) is 10.5. The smallest absolute Gasteiger partial charge is 0.305 e. The van der Waals surface area contributed by atoms with Crippen LogP contribution in [0.1, 0.15) is 19.3 Å². The minimum absolute atomic E-state index is 0.115. The average molecular weight is 274 g/mol. The van der Waals surface area contributed by atoms with Crippen LogP contribution in [0, 0.1) is 0 Å². The number of hydrogen-bond acceptors (Lipinski definition) is 5. The second-order valence-corrected chi connectivity index (χ2v) is 5.00. The average Bonchev–Trinajstić information content (AvgIpc) is 2.37. The van der Waals surface area contributed by atoms with Crippen molar-refractivity contribution >= 4 is 29.5 Å². The van der Waals surface area contributed by atoms with Gasteiger partial charge < -0.3 is 15.4 Å². The fourth-order valence-electron chi connectivity index (χ4n) is 1.68. The number of amides is 2. The zero-order valence-corrected chi connectivity index (χ0v) is 11.3. The van der Waals surface area contributed by atoms with Crippen LogP contribution in [0.4, 0.5) is 0 Å². The van der Waals surface area contributed by atoms with E-state index in [0.717, 1.165) is 5.75 Å². The maximum Gasteiger partial charge on any atom is 0.305 e. The van der Waals surface area contributed by atoms with Crippen LogP contribution in [0.15, 0.2) is 0 Å². The largest absolute Gasteiger partial charge is 0.469 e. The van der Waals surface area contributed by atoms with Crippen LogP contribution < -0.4 is 10.6 Å². The Hall–Kier alpha value is -1.24. The van der Waals surface area contributed by atoms with Gasteiger partial charge in [0, 0.05) is 6.42 Å². The third kappa shape index (κ3) is 4.21. The van der Waals surface area contributed by atoms with Gasteiger partial charge in [0.25, 0.3) is 0 Å². The molecular weight excluding hydrogens is 256 g/mol. The van der Waals surface area contributed by atoms with Crippen molar-refractivity contribution in [2.75, 3.05) is 19.1 Å². The van der Waals surface area contributed by atoms with Crippen molar-refractivity contribution in [2.24, 2.45) is 0 Å². The summed E-state index contributed by atoms with van der Waals surface area (Å²) in [4.78, 5) is 34.4. The van der Waals surface area contributed by atoms with Gasteiger partial charge in [0.05, 0.1) is 7.11 Å². The molecule has 102 valence electrons. The first kappa shape index (κ1) is 14.8. The summed E-state index contributed by atoms with van der Waals surface area (Å²) in [5, 5.41) is 5.31. The molecule has 0 aromatic rings. The van der Waals surface area contributed by atoms with Gasteiger partial charge in [0.1, 0.15) is 12.1 Å². The topological polar surface area (TPSA) is 84.5 Å². The molecule has 2 N–H and O–H groups in total. The summed E-state index contributed by atoms with van der Waals surface area (Å²) in [6.07, 6.45) is 2.94. The summed E-state index contributed by atoms with van der Waals surface area (Å²) in [6, 6.07) is -1.10. The predicted molar refractivity (Wildman–Crippen MR) is 68.1 cm³/mol. The highest BCUT2D eigenvalue weighted by atomic mass is 32.2.